The first kappa shape index (κ1) is 12.8. The van der Waals surface area contributed by atoms with Gasteiger partial charge in [-0.1, -0.05) is 18.2 Å². The normalized spacial score (nSPS) is 25.4. The molecule has 5 heteroatoms. The second kappa shape index (κ2) is 3.91. The highest BCUT2D eigenvalue weighted by Crippen LogP contribution is 2.38. The zero-order valence-corrected chi connectivity index (χ0v) is 11.6. The summed E-state index contributed by atoms with van der Waals surface area (Å²) in [5.74, 6) is -1.45. The van der Waals surface area contributed by atoms with Crippen LogP contribution in [-0.4, -0.2) is 34.2 Å². The van der Waals surface area contributed by atoms with E-state index in [2.05, 4.69) is 5.32 Å². The van der Waals surface area contributed by atoms with Crippen molar-refractivity contribution >= 4 is 17.7 Å². The van der Waals surface area contributed by atoms with Crippen molar-refractivity contribution in [3.63, 3.8) is 0 Å². The lowest BCUT2D eigenvalue weighted by molar-refractivity contribution is -0.144. The van der Waals surface area contributed by atoms with Crippen LogP contribution in [0, 0.1) is 0 Å². The number of carbonyl (C=O) groups is 3. The first-order valence-corrected chi connectivity index (χ1v) is 6.60. The molecule has 1 saturated heterocycles. The van der Waals surface area contributed by atoms with E-state index in [-0.39, 0.29) is 17.7 Å². The Labute approximate surface area is 116 Å². The number of likely N-dealkylation sites (tertiary alicyclic amines) is 1. The molecule has 20 heavy (non-hydrogen) atoms. The van der Waals surface area contributed by atoms with Gasteiger partial charge in [0.05, 0.1) is 5.92 Å². The van der Waals surface area contributed by atoms with Gasteiger partial charge in [0, 0.05) is 11.1 Å². The van der Waals surface area contributed by atoms with E-state index in [0.29, 0.717) is 11.1 Å². The minimum Gasteiger partial charge on any atom is -0.339 e. The third-order valence-corrected chi connectivity index (χ3v) is 3.80. The summed E-state index contributed by atoms with van der Waals surface area (Å²) in [4.78, 5) is 38.4. The van der Waals surface area contributed by atoms with Crippen LogP contribution in [0.5, 0.6) is 0 Å². The fraction of sp³-hybridized carbons (Fsp3) is 0.400. The molecule has 0 bridgehead atoms. The number of nitrogens with one attached hydrogen (secondary N) is 1. The highest BCUT2D eigenvalue weighted by molar-refractivity contribution is 6.15. The molecule has 1 fully saturated rings. The Morgan fingerprint density at radius 1 is 1.05 bits per heavy atom. The quantitative estimate of drug-likeness (QED) is 0.718. The van der Waals surface area contributed by atoms with Gasteiger partial charge in [-0.15, -0.1) is 0 Å². The fourth-order valence-electron chi connectivity index (χ4n) is 2.98. The van der Waals surface area contributed by atoms with E-state index in [9.17, 15) is 14.4 Å². The molecule has 1 aromatic carbocycles. The van der Waals surface area contributed by atoms with E-state index < -0.39 is 17.5 Å². The van der Waals surface area contributed by atoms with Gasteiger partial charge >= 0.3 is 0 Å². The van der Waals surface area contributed by atoms with Crippen LogP contribution >= 0.6 is 0 Å². The Bertz CT molecular complexity index is 630. The van der Waals surface area contributed by atoms with Crippen molar-refractivity contribution in [3.8, 4) is 0 Å². The summed E-state index contributed by atoms with van der Waals surface area (Å²) in [5.41, 5.74) is 0.530. The molecule has 2 atom stereocenters. The van der Waals surface area contributed by atoms with Gasteiger partial charge in [-0.3, -0.25) is 19.3 Å². The SMILES string of the molecule is CC(C)(C)N1C(=O)[C@H]2NC(=O)c3ccccc3[C@H]2C1=O. The lowest BCUT2D eigenvalue weighted by Gasteiger charge is -2.30. The lowest BCUT2D eigenvalue weighted by Crippen LogP contribution is -2.49. The molecular weight excluding hydrogens is 256 g/mol. The van der Waals surface area contributed by atoms with Crippen molar-refractivity contribution in [2.45, 2.75) is 38.3 Å². The third-order valence-electron chi connectivity index (χ3n) is 3.80. The first-order chi connectivity index (χ1) is 9.32. The zero-order chi connectivity index (χ0) is 14.7. The van der Waals surface area contributed by atoms with Crippen molar-refractivity contribution < 1.29 is 14.4 Å². The molecule has 104 valence electrons. The fourth-order valence-corrected chi connectivity index (χ4v) is 2.98. The summed E-state index contributed by atoms with van der Waals surface area (Å²) in [7, 11) is 0. The third kappa shape index (κ3) is 1.59. The van der Waals surface area contributed by atoms with Crippen LogP contribution in [0.25, 0.3) is 0 Å². The highest BCUT2D eigenvalue weighted by Gasteiger charge is 2.55. The second-order valence-corrected chi connectivity index (χ2v) is 6.20. The molecule has 1 N–H and O–H groups in total. The number of amides is 3. The Kier molecular flexibility index (Phi) is 2.51. The average Bonchev–Trinajstić information content (AvgIpc) is 2.61. The number of imide groups is 1. The highest BCUT2D eigenvalue weighted by atomic mass is 16.2. The molecular formula is C15H16N2O3. The molecule has 2 aliphatic heterocycles. The molecule has 0 unspecified atom stereocenters. The largest absolute Gasteiger partial charge is 0.339 e. The number of rotatable bonds is 0. The molecule has 0 radical (unpaired) electrons. The molecule has 0 saturated carbocycles. The summed E-state index contributed by atoms with van der Waals surface area (Å²) in [6.45, 7) is 5.44. The average molecular weight is 272 g/mol. The summed E-state index contributed by atoms with van der Waals surface area (Å²) in [6.07, 6.45) is 0. The first-order valence-electron chi connectivity index (χ1n) is 6.60. The van der Waals surface area contributed by atoms with E-state index in [1.54, 1.807) is 24.3 Å². The van der Waals surface area contributed by atoms with E-state index in [0.717, 1.165) is 0 Å². The van der Waals surface area contributed by atoms with Crippen LogP contribution < -0.4 is 5.32 Å². The van der Waals surface area contributed by atoms with Crippen molar-refractivity contribution in [2.75, 3.05) is 0 Å². The monoisotopic (exact) mass is 272 g/mol. The summed E-state index contributed by atoms with van der Waals surface area (Å²) in [5, 5.41) is 2.67. The van der Waals surface area contributed by atoms with Crippen LogP contribution in [0.1, 0.15) is 42.6 Å². The molecule has 0 aromatic heterocycles. The van der Waals surface area contributed by atoms with Gasteiger partial charge in [0.15, 0.2) is 0 Å². The molecule has 2 aliphatic rings. The number of hydrogen-bond donors (Lipinski definition) is 1. The molecule has 1 aromatic rings. The molecule has 3 amide bonds. The van der Waals surface area contributed by atoms with Gasteiger partial charge in [-0.2, -0.15) is 0 Å². The topological polar surface area (TPSA) is 66.5 Å². The molecule has 0 aliphatic carbocycles. The summed E-state index contributed by atoms with van der Waals surface area (Å²) >= 11 is 0. The number of nitrogens with zero attached hydrogens (tertiary/aromatic N) is 1. The Balaban J connectivity index is 2.14. The number of benzene rings is 1. The summed E-state index contributed by atoms with van der Waals surface area (Å²) < 4.78 is 0. The maximum Gasteiger partial charge on any atom is 0.253 e. The van der Waals surface area contributed by atoms with Crippen LogP contribution in [0.15, 0.2) is 24.3 Å². The van der Waals surface area contributed by atoms with Gasteiger partial charge in [0.25, 0.3) is 11.8 Å². The van der Waals surface area contributed by atoms with Gasteiger partial charge in [0.1, 0.15) is 6.04 Å². The predicted octanol–water partition coefficient (Wildman–Crippen LogP) is 1.05. The zero-order valence-electron chi connectivity index (χ0n) is 11.6. The van der Waals surface area contributed by atoms with Gasteiger partial charge in [-0.25, -0.2) is 0 Å². The molecule has 0 spiro atoms. The number of fused-ring (bicyclic) bond motifs is 3. The van der Waals surface area contributed by atoms with Gasteiger partial charge in [-0.05, 0) is 32.4 Å². The number of carbonyl (C=O) groups excluding carboxylic acids is 3. The van der Waals surface area contributed by atoms with Crippen molar-refractivity contribution in [1.29, 1.82) is 0 Å². The minimum atomic E-state index is -0.774. The predicted molar refractivity (Wildman–Crippen MR) is 72.0 cm³/mol. The van der Waals surface area contributed by atoms with E-state index in [4.69, 9.17) is 0 Å². The molecule has 5 nitrogen and oxygen atoms in total. The van der Waals surface area contributed by atoms with Crippen molar-refractivity contribution in [1.82, 2.24) is 10.2 Å². The minimum absolute atomic E-state index is 0.236. The van der Waals surface area contributed by atoms with Gasteiger partial charge < -0.3 is 5.32 Å². The molecule has 2 heterocycles. The van der Waals surface area contributed by atoms with Crippen molar-refractivity contribution in [3.05, 3.63) is 35.4 Å². The Morgan fingerprint density at radius 2 is 1.70 bits per heavy atom. The van der Waals surface area contributed by atoms with Crippen LogP contribution in [0.3, 0.4) is 0 Å². The lowest BCUT2D eigenvalue weighted by atomic mass is 9.86. The summed E-state index contributed by atoms with van der Waals surface area (Å²) in [6, 6.07) is 6.19. The smallest absolute Gasteiger partial charge is 0.253 e. The van der Waals surface area contributed by atoms with Crippen LogP contribution in [-0.2, 0) is 9.59 Å². The number of hydrogen-bond acceptors (Lipinski definition) is 3. The van der Waals surface area contributed by atoms with E-state index >= 15 is 0 Å². The van der Waals surface area contributed by atoms with Crippen LogP contribution in [0.4, 0.5) is 0 Å². The van der Waals surface area contributed by atoms with Crippen molar-refractivity contribution in [2.24, 2.45) is 0 Å². The van der Waals surface area contributed by atoms with E-state index in [1.165, 1.54) is 4.90 Å². The van der Waals surface area contributed by atoms with Gasteiger partial charge in [0.2, 0.25) is 5.91 Å². The second-order valence-electron chi connectivity index (χ2n) is 6.20. The Hall–Kier alpha value is -2.17. The Morgan fingerprint density at radius 3 is 2.35 bits per heavy atom. The van der Waals surface area contributed by atoms with Crippen LogP contribution in [0.2, 0.25) is 0 Å². The maximum absolute atomic E-state index is 12.6. The maximum atomic E-state index is 12.6. The standard InChI is InChI=1S/C15H16N2O3/c1-15(2,3)17-13(19)10-8-6-4-5-7-9(8)12(18)16-11(10)14(17)20/h4-7,10-11H,1-3H3,(H,16,18)/t10-,11+/m1/s1. The van der Waals surface area contributed by atoms with E-state index in [1.807, 2.05) is 20.8 Å². The molecule has 3 rings (SSSR count).